The van der Waals surface area contributed by atoms with Crippen molar-refractivity contribution in [2.24, 2.45) is 0 Å². The molecule has 0 bridgehead atoms. The van der Waals surface area contributed by atoms with Crippen LogP contribution in [0.25, 0.3) is 0 Å². The van der Waals surface area contributed by atoms with Gasteiger partial charge < -0.3 is 10.4 Å². The molecule has 21 heavy (non-hydrogen) atoms. The summed E-state index contributed by atoms with van der Waals surface area (Å²) in [6.45, 7) is 0. The topological polar surface area (TPSA) is 66.4 Å². The van der Waals surface area contributed by atoms with Crippen molar-refractivity contribution in [3.05, 3.63) is 64.2 Å². The third-order valence-corrected chi connectivity index (χ3v) is 2.81. The lowest BCUT2D eigenvalue weighted by Gasteiger charge is -2.08. The number of hydrogen-bond donors (Lipinski definition) is 2. The molecule has 0 aliphatic rings. The van der Waals surface area contributed by atoms with E-state index in [1.54, 1.807) is 0 Å². The molecule has 0 fully saturated rings. The maximum atomic E-state index is 13.5. The molecule has 2 rings (SSSR count). The maximum Gasteiger partial charge on any atom is 0.335 e. The molecule has 0 unspecified atom stereocenters. The number of benzene rings is 2. The van der Waals surface area contributed by atoms with Crippen molar-refractivity contribution in [1.82, 2.24) is 0 Å². The Morgan fingerprint density at radius 2 is 1.71 bits per heavy atom. The quantitative estimate of drug-likeness (QED) is 0.910. The molecule has 2 aromatic carbocycles. The Balaban J connectivity index is 2.34. The summed E-state index contributed by atoms with van der Waals surface area (Å²) in [7, 11) is 0. The number of carbonyl (C=O) groups is 2. The number of carboxylic acids is 1. The van der Waals surface area contributed by atoms with Crippen molar-refractivity contribution in [1.29, 1.82) is 0 Å². The molecular formula is C14H8ClF2NO3. The van der Waals surface area contributed by atoms with E-state index in [4.69, 9.17) is 16.7 Å². The minimum atomic E-state index is -1.25. The van der Waals surface area contributed by atoms with Crippen molar-refractivity contribution in [3.8, 4) is 0 Å². The molecule has 4 nitrogen and oxygen atoms in total. The van der Waals surface area contributed by atoms with Gasteiger partial charge in [0.15, 0.2) is 0 Å². The average molecular weight is 312 g/mol. The number of halogens is 3. The predicted molar refractivity (Wildman–Crippen MR) is 72.7 cm³/mol. The van der Waals surface area contributed by atoms with Gasteiger partial charge in [-0.05, 0) is 30.3 Å². The highest BCUT2D eigenvalue weighted by molar-refractivity contribution is 6.31. The Morgan fingerprint density at radius 3 is 2.29 bits per heavy atom. The van der Waals surface area contributed by atoms with Crippen LogP contribution in [0.4, 0.5) is 14.5 Å². The van der Waals surface area contributed by atoms with Crippen LogP contribution in [0.5, 0.6) is 0 Å². The van der Waals surface area contributed by atoms with Crippen LogP contribution in [0.2, 0.25) is 5.02 Å². The van der Waals surface area contributed by atoms with Crippen LogP contribution in [0.15, 0.2) is 36.4 Å². The highest BCUT2D eigenvalue weighted by atomic mass is 35.5. The lowest BCUT2D eigenvalue weighted by Crippen LogP contribution is -2.16. The summed E-state index contributed by atoms with van der Waals surface area (Å²) in [6, 6.07) is 6.60. The van der Waals surface area contributed by atoms with Gasteiger partial charge in [-0.3, -0.25) is 4.79 Å². The number of aromatic carboxylic acids is 1. The molecule has 0 heterocycles. The van der Waals surface area contributed by atoms with E-state index in [0.717, 1.165) is 24.3 Å². The van der Waals surface area contributed by atoms with Crippen molar-refractivity contribution < 1.29 is 23.5 Å². The molecule has 0 atom stereocenters. The molecule has 0 aliphatic heterocycles. The minimum absolute atomic E-state index is 0.0209. The van der Waals surface area contributed by atoms with Crippen molar-refractivity contribution >= 4 is 29.2 Å². The number of hydrogen-bond acceptors (Lipinski definition) is 2. The summed E-state index contributed by atoms with van der Waals surface area (Å²) in [4.78, 5) is 22.7. The van der Waals surface area contributed by atoms with Crippen LogP contribution in [0.3, 0.4) is 0 Å². The summed E-state index contributed by atoms with van der Waals surface area (Å²) in [5.74, 6) is -4.32. The van der Waals surface area contributed by atoms with E-state index in [9.17, 15) is 18.4 Å². The smallest absolute Gasteiger partial charge is 0.335 e. The van der Waals surface area contributed by atoms with Gasteiger partial charge in [0.2, 0.25) is 0 Å². The van der Waals surface area contributed by atoms with Crippen LogP contribution < -0.4 is 5.32 Å². The fraction of sp³-hybridized carbons (Fsp3) is 0. The van der Waals surface area contributed by atoms with Gasteiger partial charge in [-0.1, -0.05) is 17.7 Å². The fourth-order valence-corrected chi connectivity index (χ4v) is 1.93. The van der Waals surface area contributed by atoms with Gasteiger partial charge in [-0.2, -0.15) is 0 Å². The Morgan fingerprint density at radius 1 is 1.10 bits per heavy atom. The fourth-order valence-electron chi connectivity index (χ4n) is 1.69. The molecule has 2 aromatic rings. The molecule has 1 amide bonds. The second kappa shape index (κ2) is 5.88. The Hall–Kier alpha value is -2.47. The van der Waals surface area contributed by atoms with Gasteiger partial charge in [0.1, 0.15) is 17.2 Å². The Bertz CT molecular complexity index is 714. The minimum Gasteiger partial charge on any atom is -0.478 e. The van der Waals surface area contributed by atoms with Gasteiger partial charge in [0.25, 0.3) is 5.91 Å². The zero-order valence-electron chi connectivity index (χ0n) is 10.4. The third-order valence-electron chi connectivity index (χ3n) is 2.59. The molecule has 0 aliphatic carbocycles. The van der Waals surface area contributed by atoms with Gasteiger partial charge in [0, 0.05) is 10.7 Å². The Labute approximate surface area is 123 Å². The summed E-state index contributed by atoms with van der Waals surface area (Å²) in [6.07, 6.45) is 0. The first-order chi connectivity index (χ1) is 9.88. The normalized spacial score (nSPS) is 10.2. The summed E-state index contributed by atoms with van der Waals surface area (Å²) >= 11 is 5.72. The molecular weight excluding hydrogens is 304 g/mol. The number of carbonyl (C=O) groups excluding carboxylic acids is 1. The molecule has 0 aromatic heterocycles. The predicted octanol–water partition coefficient (Wildman–Crippen LogP) is 3.57. The standard InChI is InChI=1S/C14H8ClF2NO3/c15-8-4-7(14(20)21)5-9(6-8)18-13(19)12-10(16)2-1-3-11(12)17/h1-6H,(H,18,19)(H,20,21). The van der Waals surface area contributed by atoms with E-state index in [1.165, 1.54) is 12.1 Å². The Kier molecular flexibility index (Phi) is 4.18. The van der Waals surface area contributed by atoms with Gasteiger partial charge >= 0.3 is 5.97 Å². The largest absolute Gasteiger partial charge is 0.478 e. The molecule has 0 radical (unpaired) electrons. The molecule has 108 valence electrons. The molecule has 0 saturated heterocycles. The van der Waals surface area contributed by atoms with Gasteiger partial charge in [-0.15, -0.1) is 0 Å². The van der Waals surface area contributed by atoms with E-state index < -0.39 is 29.1 Å². The van der Waals surface area contributed by atoms with Crippen LogP contribution >= 0.6 is 11.6 Å². The summed E-state index contributed by atoms with van der Waals surface area (Å²) in [5, 5.41) is 11.2. The van der Waals surface area contributed by atoms with Crippen LogP contribution in [-0.4, -0.2) is 17.0 Å². The summed E-state index contributed by atoms with van der Waals surface area (Å²) < 4.78 is 26.9. The van der Waals surface area contributed by atoms with E-state index in [0.29, 0.717) is 0 Å². The van der Waals surface area contributed by atoms with Crippen LogP contribution in [0.1, 0.15) is 20.7 Å². The van der Waals surface area contributed by atoms with E-state index in [-0.39, 0.29) is 16.3 Å². The highest BCUT2D eigenvalue weighted by Crippen LogP contribution is 2.21. The average Bonchev–Trinajstić information content (AvgIpc) is 2.37. The van der Waals surface area contributed by atoms with E-state index in [2.05, 4.69) is 5.32 Å². The van der Waals surface area contributed by atoms with E-state index in [1.807, 2.05) is 0 Å². The lowest BCUT2D eigenvalue weighted by atomic mass is 10.1. The first kappa shape index (κ1) is 14.9. The summed E-state index contributed by atoms with van der Waals surface area (Å²) in [5.41, 5.74) is -0.895. The number of anilines is 1. The van der Waals surface area contributed by atoms with Crippen molar-refractivity contribution in [2.45, 2.75) is 0 Å². The van der Waals surface area contributed by atoms with Gasteiger partial charge in [-0.25, -0.2) is 13.6 Å². The number of carboxylic acid groups (broad SMARTS) is 1. The molecule has 0 spiro atoms. The lowest BCUT2D eigenvalue weighted by molar-refractivity contribution is 0.0696. The zero-order valence-corrected chi connectivity index (χ0v) is 11.1. The second-order valence-corrected chi connectivity index (χ2v) is 4.52. The van der Waals surface area contributed by atoms with Crippen LogP contribution in [-0.2, 0) is 0 Å². The number of nitrogens with one attached hydrogen (secondary N) is 1. The number of rotatable bonds is 3. The third kappa shape index (κ3) is 3.35. The maximum absolute atomic E-state index is 13.5. The first-order valence-corrected chi connectivity index (χ1v) is 6.05. The molecule has 7 heteroatoms. The second-order valence-electron chi connectivity index (χ2n) is 4.08. The molecule has 2 N–H and O–H groups in total. The van der Waals surface area contributed by atoms with Crippen molar-refractivity contribution in [3.63, 3.8) is 0 Å². The van der Waals surface area contributed by atoms with Crippen LogP contribution in [0, 0.1) is 11.6 Å². The van der Waals surface area contributed by atoms with Crippen molar-refractivity contribution in [2.75, 3.05) is 5.32 Å². The monoisotopic (exact) mass is 311 g/mol. The highest BCUT2D eigenvalue weighted by Gasteiger charge is 2.17. The van der Waals surface area contributed by atoms with Gasteiger partial charge in [0.05, 0.1) is 5.56 Å². The number of amides is 1. The van der Waals surface area contributed by atoms with E-state index >= 15 is 0 Å². The zero-order chi connectivity index (χ0) is 15.6. The molecule has 0 saturated carbocycles. The SMILES string of the molecule is O=C(O)c1cc(Cl)cc(NC(=O)c2c(F)cccc2F)c1. The first-order valence-electron chi connectivity index (χ1n) is 5.67.